The van der Waals surface area contributed by atoms with Gasteiger partial charge >= 0.3 is 0 Å². The van der Waals surface area contributed by atoms with Crippen molar-refractivity contribution in [2.75, 3.05) is 0 Å². The van der Waals surface area contributed by atoms with Crippen molar-refractivity contribution in [1.29, 1.82) is 0 Å². The molecule has 0 saturated carbocycles. The van der Waals surface area contributed by atoms with Crippen LogP contribution in [0, 0.1) is 0 Å². The van der Waals surface area contributed by atoms with Gasteiger partial charge in [-0.25, -0.2) is 0 Å². The lowest BCUT2D eigenvalue weighted by molar-refractivity contribution is 0.105. The summed E-state index contributed by atoms with van der Waals surface area (Å²) in [6.07, 6.45) is 9.46. The Kier molecular flexibility index (Phi) is 3.35. The summed E-state index contributed by atoms with van der Waals surface area (Å²) >= 11 is 0. The highest BCUT2D eigenvalue weighted by molar-refractivity contribution is 6.17. The smallest absolute Gasteiger partial charge is 0.187 e. The van der Waals surface area contributed by atoms with E-state index in [1.807, 2.05) is 24.3 Å². The third-order valence-electron chi connectivity index (χ3n) is 2.81. The molecule has 0 N–H and O–H groups in total. The molecule has 0 bridgehead atoms. The molecule has 0 amide bonds. The summed E-state index contributed by atoms with van der Waals surface area (Å²) in [7, 11) is 0. The van der Waals surface area contributed by atoms with Crippen LogP contribution in [-0.4, -0.2) is 5.78 Å². The monoisotopic (exact) mass is 212 g/mol. The fourth-order valence-corrected chi connectivity index (χ4v) is 1.92. The third-order valence-corrected chi connectivity index (χ3v) is 2.81. The molecule has 0 fully saturated rings. The number of rotatable bonds is 4. The van der Waals surface area contributed by atoms with Gasteiger partial charge in [0.1, 0.15) is 0 Å². The van der Waals surface area contributed by atoms with Crippen LogP contribution in [0.2, 0.25) is 0 Å². The fraction of sp³-hybridized carbons (Fsp3) is 0.267. The molecule has 2 rings (SSSR count). The molecule has 1 aliphatic rings. The zero-order valence-corrected chi connectivity index (χ0v) is 9.57. The molecule has 0 radical (unpaired) electrons. The number of benzene rings is 1. The van der Waals surface area contributed by atoms with Crippen molar-refractivity contribution in [2.45, 2.75) is 26.2 Å². The van der Waals surface area contributed by atoms with Gasteiger partial charge in [0.2, 0.25) is 0 Å². The predicted octanol–water partition coefficient (Wildman–Crippen LogP) is 4.01. The Balaban J connectivity index is 2.16. The SMILES string of the molecule is CCCC/C=C\C1=CC(=O)c2ccccc21. The van der Waals surface area contributed by atoms with Crippen LogP contribution < -0.4 is 0 Å². The highest BCUT2D eigenvalue weighted by Gasteiger charge is 2.17. The molecule has 0 saturated heterocycles. The quantitative estimate of drug-likeness (QED) is 0.689. The van der Waals surface area contributed by atoms with Gasteiger partial charge in [-0.15, -0.1) is 0 Å². The molecule has 16 heavy (non-hydrogen) atoms. The minimum Gasteiger partial charge on any atom is -0.289 e. The van der Waals surface area contributed by atoms with Gasteiger partial charge in [-0.3, -0.25) is 4.79 Å². The Hall–Kier alpha value is -1.63. The van der Waals surface area contributed by atoms with Crippen LogP contribution in [0.4, 0.5) is 0 Å². The normalized spacial score (nSPS) is 14.3. The molecule has 0 aliphatic heterocycles. The minimum atomic E-state index is 0.130. The number of hydrogen-bond acceptors (Lipinski definition) is 1. The number of unbranched alkanes of at least 4 members (excludes halogenated alkanes) is 2. The molecule has 1 aromatic carbocycles. The van der Waals surface area contributed by atoms with E-state index >= 15 is 0 Å². The first-order valence-electron chi connectivity index (χ1n) is 5.85. The Morgan fingerprint density at radius 3 is 2.69 bits per heavy atom. The van der Waals surface area contributed by atoms with Crippen molar-refractivity contribution in [3.63, 3.8) is 0 Å². The lowest BCUT2D eigenvalue weighted by Gasteiger charge is -1.98. The topological polar surface area (TPSA) is 17.1 Å². The van der Waals surface area contributed by atoms with Crippen LogP contribution in [-0.2, 0) is 0 Å². The summed E-state index contributed by atoms with van der Waals surface area (Å²) < 4.78 is 0. The first-order chi connectivity index (χ1) is 7.83. The number of fused-ring (bicyclic) bond motifs is 1. The molecule has 0 atom stereocenters. The molecule has 1 aliphatic carbocycles. The van der Waals surface area contributed by atoms with Gasteiger partial charge in [0, 0.05) is 5.56 Å². The van der Waals surface area contributed by atoms with Gasteiger partial charge in [0.05, 0.1) is 0 Å². The lowest BCUT2D eigenvalue weighted by atomic mass is 10.0. The van der Waals surface area contributed by atoms with Crippen molar-refractivity contribution in [1.82, 2.24) is 0 Å². The van der Waals surface area contributed by atoms with E-state index in [1.165, 1.54) is 12.8 Å². The molecule has 1 heteroatoms. The maximum atomic E-state index is 11.7. The number of carbonyl (C=O) groups is 1. The van der Waals surface area contributed by atoms with Gasteiger partial charge in [-0.05, 0) is 23.6 Å². The van der Waals surface area contributed by atoms with Gasteiger partial charge in [0.15, 0.2) is 5.78 Å². The molecule has 0 heterocycles. The molecule has 1 aromatic rings. The van der Waals surface area contributed by atoms with Gasteiger partial charge in [0.25, 0.3) is 0 Å². The Morgan fingerprint density at radius 2 is 1.94 bits per heavy atom. The number of allylic oxidation sites excluding steroid dienone is 4. The molecule has 0 spiro atoms. The van der Waals surface area contributed by atoms with E-state index in [-0.39, 0.29) is 5.78 Å². The number of ketones is 1. The summed E-state index contributed by atoms with van der Waals surface area (Å²) in [5, 5.41) is 0. The molecule has 0 unspecified atom stereocenters. The molecule has 0 aromatic heterocycles. The number of carbonyl (C=O) groups excluding carboxylic acids is 1. The summed E-state index contributed by atoms with van der Waals surface area (Å²) in [6.45, 7) is 2.18. The van der Waals surface area contributed by atoms with E-state index in [2.05, 4.69) is 19.1 Å². The van der Waals surface area contributed by atoms with Crippen LogP contribution in [0.25, 0.3) is 5.57 Å². The van der Waals surface area contributed by atoms with Crippen molar-refractivity contribution in [2.24, 2.45) is 0 Å². The molecule has 1 nitrogen and oxygen atoms in total. The fourth-order valence-electron chi connectivity index (χ4n) is 1.92. The zero-order valence-electron chi connectivity index (χ0n) is 9.57. The Bertz CT molecular complexity index is 452. The molecular weight excluding hydrogens is 196 g/mol. The molecule has 82 valence electrons. The third kappa shape index (κ3) is 2.13. The van der Waals surface area contributed by atoms with Gasteiger partial charge in [-0.1, -0.05) is 56.2 Å². The molecular formula is C15H16O. The largest absolute Gasteiger partial charge is 0.289 e. The second kappa shape index (κ2) is 4.93. The highest BCUT2D eigenvalue weighted by atomic mass is 16.1. The van der Waals surface area contributed by atoms with E-state index in [1.54, 1.807) is 6.08 Å². The predicted molar refractivity (Wildman–Crippen MR) is 67.4 cm³/mol. The lowest BCUT2D eigenvalue weighted by Crippen LogP contribution is -1.89. The van der Waals surface area contributed by atoms with Crippen LogP contribution in [0.15, 0.2) is 42.5 Å². The van der Waals surface area contributed by atoms with Crippen LogP contribution in [0.1, 0.15) is 42.1 Å². The van der Waals surface area contributed by atoms with E-state index in [9.17, 15) is 4.79 Å². The van der Waals surface area contributed by atoms with E-state index in [0.717, 1.165) is 23.1 Å². The van der Waals surface area contributed by atoms with Crippen LogP contribution >= 0.6 is 0 Å². The average Bonchev–Trinajstić information content (AvgIpc) is 2.63. The first kappa shape index (κ1) is 10.9. The summed E-state index contributed by atoms with van der Waals surface area (Å²) in [6, 6.07) is 7.79. The van der Waals surface area contributed by atoms with Crippen molar-refractivity contribution in [3.05, 3.63) is 53.6 Å². The summed E-state index contributed by atoms with van der Waals surface area (Å²) in [5.74, 6) is 0.130. The summed E-state index contributed by atoms with van der Waals surface area (Å²) in [4.78, 5) is 11.7. The first-order valence-corrected chi connectivity index (χ1v) is 5.85. The van der Waals surface area contributed by atoms with E-state index in [0.29, 0.717) is 0 Å². The van der Waals surface area contributed by atoms with Gasteiger partial charge < -0.3 is 0 Å². The standard InChI is InChI=1S/C15H16O/c1-2-3-4-5-8-12-11-15(16)14-10-7-6-9-13(12)14/h5-11H,2-4H2,1H3/b8-5-. The van der Waals surface area contributed by atoms with Gasteiger partial charge in [-0.2, -0.15) is 0 Å². The van der Waals surface area contributed by atoms with Crippen LogP contribution in [0.3, 0.4) is 0 Å². The summed E-state index contributed by atoms with van der Waals surface area (Å²) in [5.41, 5.74) is 2.95. The Morgan fingerprint density at radius 1 is 1.19 bits per heavy atom. The van der Waals surface area contributed by atoms with Crippen molar-refractivity contribution >= 4 is 11.4 Å². The maximum absolute atomic E-state index is 11.7. The minimum absolute atomic E-state index is 0.130. The van der Waals surface area contributed by atoms with Crippen LogP contribution in [0.5, 0.6) is 0 Å². The Labute approximate surface area is 96.5 Å². The van der Waals surface area contributed by atoms with Crippen molar-refractivity contribution < 1.29 is 4.79 Å². The van der Waals surface area contributed by atoms with Crippen molar-refractivity contribution in [3.8, 4) is 0 Å². The average molecular weight is 212 g/mol. The van der Waals surface area contributed by atoms with E-state index in [4.69, 9.17) is 0 Å². The number of hydrogen-bond donors (Lipinski definition) is 0. The zero-order chi connectivity index (χ0) is 11.4. The second-order valence-electron chi connectivity index (χ2n) is 4.05. The second-order valence-corrected chi connectivity index (χ2v) is 4.05. The maximum Gasteiger partial charge on any atom is 0.187 e. The van der Waals surface area contributed by atoms with E-state index < -0.39 is 0 Å². The highest BCUT2D eigenvalue weighted by Crippen LogP contribution is 2.28.